The number of aromatic nitrogens is 1. The highest BCUT2D eigenvalue weighted by atomic mass is 32.1. The quantitative estimate of drug-likeness (QED) is 0.488. The van der Waals surface area contributed by atoms with Gasteiger partial charge in [0.05, 0.1) is 12.2 Å². The second kappa shape index (κ2) is 8.60. The fourth-order valence-corrected chi connectivity index (χ4v) is 4.35. The van der Waals surface area contributed by atoms with E-state index >= 15 is 0 Å². The van der Waals surface area contributed by atoms with Gasteiger partial charge in [-0.3, -0.25) is 4.79 Å². The summed E-state index contributed by atoms with van der Waals surface area (Å²) >= 11 is 1.59. The van der Waals surface area contributed by atoms with Gasteiger partial charge in [-0.15, -0.1) is 11.3 Å². The van der Waals surface area contributed by atoms with Gasteiger partial charge in [0.2, 0.25) is 0 Å². The van der Waals surface area contributed by atoms with E-state index in [1.54, 1.807) is 11.3 Å². The molecule has 1 aliphatic rings. The number of amides is 1. The molecule has 4 nitrogen and oxygen atoms in total. The lowest BCUT2D eigenvalue weighted by Gasteiger charge is -2.21. The van der Waals surface area contributed by atoms with Crippen molar-refractivity contribution in [2.45, 2.75) is 59.7 Å². The van der Waals surface area contributed by atoms with Gasteiger partial charge in [-0.25, -0.2) is 4.98 Å². The summed E-state index contributed by atoms with van der Waals surface area (Å²) in [5.74, 6) is 1.01. The van der Waals surface area contributed by atoms with Gasteiger partial charge in [-0.05, 0) is 75.4 Å². The van der Waals surface area contributed by atoms with Gasteiger partial charge in [0.15, 0.2) is 0 Å². The molecule has 1 saturated carbocycles. The number of rotatable bonds is 7. The van der Waals surface area contributed by atoms with Crippen molar-refractivity contribution >= 4 is 17.2 Å². The average molecular weight is 421 g/mol. The molecule has 0 unspecified atom stereocenters. The topological polar surface area (TPSA) is 42.4 Å². The fraction of sp³-hybridized carbons (Fsp3) is 0.360. The molecule has 1 aliphatic carbocycles. The lowest BCUT2D eigenvalue weighted by molar-refractivity contribution is 0.0728. The van der Waals surface area contributed by atoms with E-state index in [9.17, 15) is 4.79 Å². The minimum absolute atomic E-state index is 0.0952. The Balaban J connectivity index is 1.43. The van der Waals surface area contributed by atoms with E-state index in [0.29, 0.717) is 19.2 Å². The van der Waals surface area contributed by atoms with Crippen LogP contribution in [0, 0.1) is 27.7 Å². The Labute approximate surface area is 182 Å². The molecule has 1 heterocycles. The van der Waals surface area contributed by atoms with Gasteiger partial charge in [-0.1, -0.05) is 23.8 Å². The van der Waals surface area contributed by atoms with Crippen LogP contribution in [0.15, 0.2) is 41.8 Å². The fourth-order valence-electron chi connectivity index (χ4n) is 3.65. The van der Waals surface area contributed by atoms with Crippen LogP contribution in [0.5, 0.6) is 5.75 Å². The van der Waals surface area contributed by atoms with E-state index in [1.807, 2.05) is 41.5 Å². The summed E-state index contributed by atoms with van der Waals surface area (Å²) in [6, 6.07) is 12.4. The highest BCUT2D eigenvalue weighted by molar-refractivity contribution is 7.09. The number of nitrogens with zero attached hydrogens (tertiary/aromatic N) is 2. The summed E-state index contributed by atoms with van der Waals surface area (Å²) in [6.45, 7) is 9.29. The van der Waals surface area contributed by atoms with Gasteiger partial charge in [-0.2, -0.15) is 0 Å². The van der Waals surface area contributed by atoms with Crippen LogP contribution in [-0.2, 0) is 13.2 Å². The predicted molar refractivity (Wildman–Crippen MR) is 121 cm³/mol. The molecule has 30 heavy (non-hydrogen) atoms. The first-order valence-corrected chi connectivity index (χ1v) is 11.3. The van der Waals surface area contributed by atoms with Gasteiger partial charge in [0.1, 0.15) is 17.4 Å². The molecule has 0 N–H and O–H groups in total. The number of aryl methyl sites for hydroxylation is 3. The molecule has 0 saturated heterocycles. The van der Waals surface area contributed by atoms with Crippen LogP contribution in [0.4, 0.5) is 0 Å². The van der Waals surface area contributed by atoms with Crippen LogP contribution in [0.1, 0.15) is 56.2 Å². The number of carbonyl (C=O) groups excluding carboxylic acids is 1. The molecule has 0 radical (unpaired) electrons. The normalized spacial score (nSPS) is 13.3. The van der Waals surface area contributed by atoms with Crippen molar-refractivity contribution in [1.82, 2.24) is 9.88 Å². The summed E-state index contributed by atoms with van der Waals surface area (Å²) in [4.78, 5) is 19.8. The maximum atomic E-state index is 13.1. The number of benzene rings is 2. The Bertz CT molecular complexity index is 1070. The van der Waals surface area contributed by atoms with Crippen molar-refractivity contribution in [2.75, 3.05) is 0 Å². The van der Waals surface area contributed by atoms with E-state index in [0.717, 1.165) is 40.4 Å². The number of hydrogen-bond acceptors (Lipinski definition) is 4. The summed E-state index contributed by atoms with van der Waals surface area (Å²) < 4.78 is 6.06. The summed E-state index contributed by atoms with van der Waals surface area (Å²) in [5.41, 5.74) is 6.39. The molecule has 1 amide bonds. The van der Waals surface area contributed by atoms with E-state index in [-0.39, 0.29) is 5.91 Å². The first-order valence-electron chi connectivity index (χ1n) is 10.4. The van der Waals surface area contributed by atoms with Gasteiger partial charge in [0, 0.05) is 17.0 Å². The Hall–Kier alpha value is -2.66. The number of ether oxygens (including phenoxy) is 1. The molecule has 1 fully saturated rings. The molecule has 156 valence electrons. The van der Waals surface area contributed by atoms with Crippen LogP contribution >= 0.6 is 11.3 Å². The Kier molecular flexibility index (Phi) is 5.91. The second-order valence-corrected chi connectivity index (χ2v) is 9.20. The van der Waals surface area contributed by atoms with Crippen molar-refractivity contribution < 1.29 is 9.53 Å². The molecule has 0 aliphatic heterocycles. The third kappa shape index (κ3) is 4.73. The minimum atomic E-state index is 0.0952. The maximum absolute atomic E-state index is 13.1. The predicted octanol–water partition coefficient (Wildman–Crippen LogP) is 5.76. The Morgan fingerprint density at radius 2 is 1.93 bits per heavy atom. The Morgan fingerprint density at radius 3 is 2.67 bits per heavy atom. The zero-order valence-corrected chi connectivity index (χ0v) is 18.9. The van der Waals surface area contributed by atoms with E-state index in [4.69, 9.17) is 9.72 Å². The van der Waals surface area contributed by atoms with Crippen molar-refractivity contribution in [3.05, 3.63) is 80.3 Å². The molecular weight excluding hydrogens is 392 g/mol. The standard InChI is InChI=1S/C25H28N2O2S/c1-16-6-5-7-20(11-16)25(28)27(22-8-9-22)13-21-15-30-24(26-21)14-29-23-12-17(2)10-18(3)19(23)4/h5-7,10-12,15,22H,8-9,13-14H2,1-4H3. The molecule has 2 aromatic carbocycles. The highest BCUT2D eigenvalue weighted by Gasteiger charge is 2.33. The molecule has 4 rings (SSSR count). The maximum Gasteiger partial charge on any atom is 0.254 e. The van der Waals surface area contributed by atoms with E-state index in [1.165, 1.54) is 16.7 Å². The van der Waals surface area contributed by atoms with Crippen LogP contribution < -0.4 is 4.74 Å². The third-order valence-corrected chi connectivity index (χ3v) is 6.43. The average Bonchev–Trinajstić information content (AvgIpc) is 3.46. The van der Waals surface area contributed by atoms with Crippen LogP contribution in [0.25, 0.3) is 0 Å². The van der Waals surface area contributed by atoms with E-state index < -0.39 is 0 Å². The van der Waals surface area contributed by atoms with Gasteiger partial charge >= 0.3 is 0 Å². The summed E-state index contributed by atoms with van der Waals surface area (Å²) in [6.07, 6.45) is 2.15. The molecule has 1 aromatic heterocycles. The molecule has 0 atom stereocenters. The van der Waals surface area contributed by atoms with Crippen LogP contribution in [-0.4, -0.2) is 21.8 Å². The molecule has 0 spiro atoms. The SMILES string of the molecule is Cc1cccc(C(=O)N(Cc2csc(COc3cc(C)cc(C)c3C)n2)C2CC2)c1. The molecule has 0 bridgehead atoms. The van der Waals surface area contributed by atoms with Crippen molar-refractivity contribution in [3.63, 3.8) is 0 Å². The second-order valence-electron chi connectivity index (χ2n) is 8.26. The smallest absolute Gasteiger partial charge is 0.254 e. The zero-order valence-electron chi connectivity index (χ0n) is 18.1. The number of carbonyl (C=O) groups is 1. The first kappa shape index (κ1) is 20.6. The minimum Gasteiger partial charge on any atom is -0.486 e. The van der Waals surface area contributed by atoms with Crippen molar-refractivity contribution in [2.24, 2.45) is 0 Å². The summed E-state index contributed by atoms with van der Waals surface area (Å²) in [7, 11) is 0. The molecule has 3 aromatic rings. The molecule has 5 heteroatoms. The number of thiazole rings is 1. The van der Waals surface area contributed by atoms with E-state index in [2.05, 4.69) is 32.9 Å². The van der Waals surface area contributed by atoms with Crippen LogP contribution in [0.3, 0.4) is 0 Å². The monoisotopic (exact) mass is 420 g/mol. The van der Waals surface area contributed by atoms with Crippen molar-refractivity contribution in [1.29, 1.82) is 0 Å². The zero-order chi connectivity index (χ0) is 21.3. The Morgan fingerprint density at radius 1 is 1.13 bits per heavy atom. The van der Waals surface area contributed by atoms with Crippen molar-refractivity contribution in [3.8, 4) is 5.75 Å². The summed E-state index contributed by atoms with van der Waals surface area (Å²) in [5, 5.41) is 2.98. The largest absolute Gasteiger partial charge is 0.486 e. The lowest BCUT2D eigenvalue weighted by atomic mass is 10.1. The third-order valence-electron chi connectivity index (χ3n) is 5.56. The lowest BCUT2D eigenvalue weighted by Crippen LogP contribution is -2.32. The first-order chi connectivity index (χ1) is 14.4. The van der Waals surface area contributed by atoms with Gasteiger partial charge in [0.25, 0.3) is 5.91 Å². The number of hydrogen-bond donors (Lipinski definition) is 0. The van der Waals surface area contributed by atoms with Gasteiger partial charge < -0.3 is 9.64 Å². The van der Waals surface area contributed by atoms with Crippen LogP contribution in [0.2, 0.25) is 0 Å². The highest BCUT2D eigenvalue weighted by Crippen LogP contribution is 2.30. The molecular formula is C25H28N2O2S.